The molecule has 1 N–H and O–H groups in total. The van der Waals surface area contributed by atoms with Gasteiger partial charge in [0.1, 0.15) is 12.8 Å². The molecule has 2 atom stereocenters. The summed E-state index contributed by atoms with van der Waals surface area (Å²) in [7, 11) is 0. The lowest BCUT2D eigenvalue weighted by Gasteiger charge is -2.25. The largest absolute Gasteiger partial charge is 0.445 e. The van der Waals surface area contributed by atoms with Crippen molar-refractivity contribution in [1.82, 2.24) is 5.32 Å². The average molecular weight is 265 g/mol. The van der Waals surface area contributed by atoms with Crippen LogP contribution in [0.5, 0.6) is 0 Å². The van der Waals surface area contributed by atoms with Crippen molar-refractivity contribution in [2.45, 2.75) is 38.5 Å². The number of halogens is 1. The molecule has 1 saturated carbocycles. The molecule has 4 heteroatoms. The Morgan fingerprint density at radius 1 is 1.26 bits per heavy atom. The fraction of sp³-hybridized carbons (Fsp3) is 0.533. The maximum Gasteiger partial charge on any atom is 0.407 e. The van der Waals surface area contributed by atoms with Gasteiger partial charge in [0.25, 0.3) is 0 Å². The minimum Gasteiger partial charge on any atom is -0.445 e. The molecule has 0 heterocycles. The Morgan fingerprint density at radius 3 is 2.74 bits per heavy atom. The Morgan fingerprint density at radius 2 is 2.00 bits per heavy atom. The van der Waals surface area contributed by atoms with Crippen LogP contribution in [-0.2, 0) is 11.3 Å². The predicted molar refractivity (Wildman–Crippen MR) is 71.5 cm³/mol. The zero-order chi connectivity index (χ0) is 13.5. The van der Waals surface area contributed by atoms with Gasteiger partial charge in [-0.05, 0) is 18.4 Å². The Hall–Kier alpha value is -1.58. The van der Waals surface area contributed by atoms with Gasteiger partial charge in [0.05, 0.1) is 0 Å². The monoisotopic (exact) mass is 265 g/mol. The molecule has 0 spiro atoms. The fourth-order valence-corrected chi connectivity index (χ4v) is 2.38. The molecule has 1 aromatic rings. The van der Waals surface area contributed by atoms with Crippen molar-refractivity contribution in [1.29, 1.82) is 0 Å². The van der Waals surface area contributed by atoms with Gasteiger partial charge < -0.3 is 10.1 Å². The van der Waals surface area contributed by atoms with Crippen LogP contribution in [0.4, 0.5) is 9.18 Å². The summed E-state index contributed by atoms with van der Waals surface area (Å²) in [6, 6.07) is 9.49. The van der Waals surface area contributed by atoms with Gasteiger partial charge >= 0.3 is 6.09 Å². The molecule has 104 valence electrons. The zero-order valence-electron chi connectivity index (χ0n) is 11.0. The van der Waals surface area contributed by atoms with Crippen molar-refractivity contribution in [2.75, 3.05) is 6.54 Å². The molecular formula is C15H20FNO2. The maximum atomic E-state index is 13.6. The Kier molecular flexibility index (Phi) is 5.19. The second-order valence-corrected chi connectivity index (χ2v) is 5.00. The summed E-state index contributed by atoms with van der Waals surface area (Å²) in [6.45, 7) is 0.616. The maximum absolute atomic E-state index is 13.6. The fourth-order valence-electron chi connectivity index (χ4n) is 2.38. The number of hydrogen-bond acceptors (Lipinski definition) is 2. The van der Waals surface area contributed by atoms with E-state index in [1.807, 2.05) is 30.3 Å². The van der Waals surface area contributed by atoms with Crippen molar-refractivity contribution in [3.05, 3.63) is 35.9 Å². The second kappa shape index (κ2) is 7.12. The molecule has 1 aromatic carbocycles. The minimum atomic E-state index is -0.789. The summed E-state index contributed by atoms with van der Waals surface area (Å²) in [6.07, 6.45) is 2.21. The molecule has 0 radical (unpaired) electrons. The van der Waals surface area contributed by atoms with Crippen LogP contribution in [0.15, 0.2) is 30.3 Å². The van der Waals surface area contributed by atoms with Gasteiger partial charge in [0, 0.05) is 12.5 Å². The third kappa shape index (κ3) is 4.54. The molecule has 0 saturated heterocycles. The van der Waals surface area contributed by atoms with Gasteiger partial charge in [0.2, 0.25) is 0 Å². The van der Waals surface area contributed by atoms with E-state index >= 15 is 0 Å². The predicted octanol–water partition coefficient (Wildman–Crippen LogP) is 3.44. The summed E-state index contributed by atoms with van der Waals surface area (Å²) in [4.78, 5) is 11.5. The lowest BCUT2D eigenvalue weighted by molar-refractivity contribution is 0.126. The number of carbonyl (C=O) groups excluding carboxylic acids is 1. The van der Waals surface area contributed by atoms with E-state index in [0.29, 0.717) is 13.0 Å². The lowest BCUT2D eigenvalue weighted by Crippen LogP contribution is -2.35. The van der Waals surface area contributed by atoms with E-state index in [1.54, 1.807) is 0 Å². The van der Waals surface area contributed by atoms with Crippen molar-refractivity contribution < 1.29 is 13.9 Å². The third-order valence-corrected chi connectivity index (χ3v) is 3.54. The standard InChI is InChI=1S/C15H20FNO2/c16-14-9-5-4-8-13(14)10-17-15(18)19-11-12-6-2-1-3-7-12/h1-3,6-7,13-14H,4-5,8-11H2,(H,17,18). The van der Waals surface area contributed by atoms with E-state index in [4.69, 9.17) is 4.74 Å². The van der Waals surface area contributed by atoms with Crippen molar-refractivity contribution in [3.8, 4) is 0 Å². The van der Waals surface area contributed by atoms with E-state index in [9.17, 15) is 9.18 Å². The SMILES string of the molecule is O=C(NCC1CCCCC1F)OCc1ccccc1. The molecule has 19 heavy (non-hydrogen) atoms. The van der Waals surface area contributed by atoms with Gasteiger partial charge in [-0.25, -0.2) is 9.18 Å². The quantitative estimate of drug-likeness (QED) is 0.905. The smallest absolute Gasteiger partial charge is 0.407 e. The highest BCUT2D eigenvalue weighted by atomic mass is 19.1. The first-order valence-corrected chi connectivity index (χ1v) is 6.84. The molecule has 0 bridgehead atoms. The van der Waals surface area contributed by atoms with Gasteiger partial charge in [-0.2, -0.15) is 0 Å². The number of alkyl carbamates (subject to hydrolysis) is 1. The van der Waals surface area contributed by atoms with E-state index in [2.05, 4.69) is 5.32 Å². The highest BCUT2D eigenvalue weighted by Crippen LogP contribution is 2.26. The first-order chi connectivity index (χ1) is 9.25. The molecule has 2 unspecified atom stereocenters. The molecule has 1 fully saturated rings. The molecule has 0 aliphatic heterocycles. The van der Waals surface area contributed by atoms with E-state index in [-0.39, 0.29) is 12.5 Å². The molecule has 1 aliphatic carbocycles. The normalized spacial score (nSPS) is 22.8. The van der Waals surface area contributed by atoms with E-state index in [0.717, 1.165) is 24.8 Å². The Bertz CT molecular complexity index is 396. The van der Waals surface area contributed by atoms with Crippen LogP contribution in [0.3, 0.4) is 0 Å². The summed E-state index contributed by atoms with van der Waals surface area (Å²) >= 11 is 0. The number of ether oxygens (including phenoxy) is 1. The second-order valence-electron chi connectivity index (χ2n) is 5.00. The highest BCUT2D eigenvalue weighted by molar-refractivity contribution is 5.67. The van der Waals surface area contributed by atoms with Gasteiger partial charge in [-0.3, -0.25) is 0 Å². The topological polar surface area (TPSA) is 38.3 Å². The van der Waals surface area contributed by atoms with Gasteiger partial charge in [-0.1, -0.05) is 43.2 Å². The number of rotatable bonds is 4. The van der Waals surface area contributed by atoms with Crippen LogP contribution >= 0.6 is 0 Å². The number of benzene rings is 1. The first-order valence-electron chi connectivity index (χ1n) is 6.84. The molecule has 1 aliphatic rings. The third-order valence-electron chi connectivity index (χ3n) is 3.54. The van der Waals surface area contributed by atoms with Crippen LogP contribution in [-0.4, -0.2) is 18.8 Å². The molecular weight excluding hydrogens is 245 g/mol. The molecule has 3 nitrogen and oxygen atoms in total. The molecule has 0 aromatic heterocycles. The lowest BCUT2D eigenvalue weighted by atomic mass is 9.87. The molecule has 2 rings (SSSR count). The number of nitrogens with one attached hydrogen (secondary N) is 1. The van der Waals surface area contributed by atoms with E-state index < -0.39 is 12.3 Å². The minimum absolute atomic E-state index is 0.0574. The zero-order valence-corrected chi connectivity index (χ0v) is 11.0. The van der Waals surface area contributed by atoms with Crippen LogP contribution < -0.4 is 5.32 Å². The number of carbonyl (C=O) groups is 1. The Labute approximate surface area is 113 Å². The van der Waals surface area contributed by atoms with Crippen LogP contribution in [0, 0.1) is 5.92 Å². The number of hydrogen-bond donors (Lipinski definition) is 1. The first kappa shape index (κ1) is 13.8. The van der Waals surface area contributed by atoms with Crippen LogP contribution in [0.2, 0.25) is 0 Å². The van der Waals surface area contributed by atoms with Gasteiger partial charge in [0.15, 0.2) is 0 Å². The number of alkyl halides is 1. The summed E-state index contributed by atoms with van der Waals surface area (Å²) in [5.41, 5.74) is 0.943. The van der Waals surface area contributed by atoms with Crippen LogP contribution in [0.25, 0.3) is 0 Å². The van der Waals surface area contributed by atoms with Gasteiger partial charge in [-0.15, -0.1) is 0 Å². The summed E-state index contributed by atoms with van der Waals surface area (Å²) in [5, 5.41) is 2.65. The van der Waals surface area contributed by atoms with E-state index in [1.165, 1.54) is 0 Å². The average Bonchev–Trinajstić information content (AvgIpc) is 2.45. The van der Waals surface area contributed by atoms with Crippen molar-refractivity contribution in [3.63, 3.8) is 0 Å². The molecule has 1 amide bonds. The highest BCUT2D eigenvalue weighted by Gasteiger charge is 2.24. The Balaban J connectivity index is 1.67. The van der Waals surface area contributed by atoms with Crippen LogP contribution in [0.1, 0.15) is 31.2 Å². The summed E-state index contributed by atoms with van der Waals surface area (Å²) < 4.78 is 18.6. The number of amides is 1. The van der Waals surface area contributed by atoms with Crippen molar-refractivity contribution >= 4 is 6.09 Å². The van der Waals surface area contributed by atoms with Crippen molar-refractivity contribution in [2.24, 2.45) is 5.92 Å². The summed E-state index contributed by atoms with van der Waals surface area (Å²) in [5.74, 6) is -0.0574.